The van der Waals surface area contributed by atoms with Crippen molar-refractivity contribution in [1.82, 2.24) is 9.97 Å². The van der Waals surface area contributed by atoms with E-state index in [4.69, 9.17) is 9.97 Å². The second-order valence-electron chi connectivity index (χ2n) is 6.26. The standard InChI is InChI=1S/C17H25N3S/c1-6-10-18-15-11-14(17(3,4)5)19-16(20-15)13-9-8-12(7-2)21-13/h8-9,11H,6-7,10H2,1-5H3,(H,18,19,20). The summed E-state index contributed by atoms with van der Waals surface area (Å²) < 4.78 is 0. The molecule has 0 radical (unpaired) electrons. The molecule has 0 unspecified atom stereocenters. The fraction of sp³-hybridized carbons (Fsp3) is 0.529. The Kier molecular flexibility index (Phi) is 4.99. The summed E-state index contributed by atoms with van der Waals surface area (Å²) in [5.41, 5.74) is 1.10. The van der Waals surface area contributed by atoms with Crippen molar-refractivity contribution in [2.45, 2.75) is 52.9 Å². The SMILES string of the molecule is CCCNc1cc(C(C)(C)C)nc(-c2ccc(CC)s2)n1. The van der Waals surface area contributed by atoms with E-state index in [-0.39, 0.29) is 5.41 Å². The minimum Gasteiger partial charge on any atom is -0.370 e. The molecule has 3 nitrogen and oxygen atoms in total. The number of nitrogens with zero attached hydrogens (tertiary/aromatic N) is 2. The van der Waals surface area contributed by atoms with Crippen LogP contribution in [0.15, 0.2) is 18.2 Å². The molecule has 0 amide bonds. The van der Waals surface area contributed by atoms with Gasteiger partial charge in [0.25, 0.3) is 0 Å². The minimum absolute atomic E-state index is 0.0190. The van der Waals surface area contributed by atoms with Crippen LogP contribution in [0.3, 0.4) is 0 Å². The Labute approximate surface area is 131 Å². The molecule has 21 heavy (non-hydrogen) atoms. The molecule has 2 rings (SSSR count). The van der Waals surface area contributed by atoms with Gasteiger partial charge in [-0.1, -0.05) is 34.6 Å². The lowest BCUT2D eigenvalue weighted by molar-refractivity contribution is 0.568. The Hall–Kier alpha value is -1.42. The molecular formula is C17H25N3S. The summed E-state index contributed by atoms with van der Waals surface area (Å²) >= 11 is 1.79. The van der Waals surface area contributed by atoms with Crippen molar-refractivity contribution >= 4 is 17.2 Å². The van der Waals surface area contributed by atoms with E-state index in [9.17, 15) is 0 Å². The van der Waals surface area contributed by atoms with Gasteiger partial charge >= 0.3 is 0 Å². The predicted octanol–water partition coefficient (Wildman–Crippen LogP) is 4.89. The highest BCUT2D eigenvalue weighted by Crippen LogP contribution is 2.29. The molecule has 0 fully saturated rings. The largest absolute Gasteiger partial charge is 0.370 e. The normalized spacial score (nSPS) is 11.7. The molecule has 0 aliphatic rings. The summed E-state index contributed by atoms with van der Waals surface area (Å²) in [6, 6.07) is 6.38. The van der Waals surface area contributed by atoms with Gasteiger partial charge in [0.1, 0.15) is 5.82 Å². The minimum atomic E-state index is 0.0190. The number of aromatic nitrogens is 2. The van der Waals surface area contributed by atoms with Gasteiger partial charge in [-0.25, -0.2) is 9.97 Å². The number of thiophene rings is 1. The van der Waals surface area contributed by atoms with E-state index < -0.39 is 0 Å². The average Bonchev–Trinajstić information content (AvgIpc) is 2.93. The number of hydrogen-bond acceptors (Lipinski definition) is 4. The molecule has 2 heterocycles. The third kappa shape index (κ3) is 4.03. The third-order valence-corrected chi connectivity index (χ3v) is 4.51. The molecule has 0 aromatic carbocycles. The summed E-state index contributed by atoms with van der Waals surface area (Å²) in [4.78, 5) is 12.0. The lowest BCUT2D eigenvalue weighted by Gasteiger charge is -2.19. The van der Waals surface area contributed by atoms with Crippen LogP contribution >= 0.6 is 11.3 Å². The van der Waals surface area contributed by atoms with Gasteiger partial charge in [0, 0.05) is 22.9 Å². The van der Waals surface area contributed by atoms with Gasteiger partial charge in [-0.05, 0) is 25.0 Å². The van der Waals surface area contributed by atoms with Crippen LogP contribution < -0.4 is 5.32 Å². The molecule has 0 atom stereocenters. The fourth-order valence-corrected chi connectivity index (χ4v) is 2.85. The first-order valence-corrected chi connectivity index (χ1v) is 8.48. The van der Waals surface area contributed by atoms with Crippen molar-refractivity contribution in [3.05, 3.63) is 28.8 Å². The summed E-state index contributed by atoms with van der Waals surface area (Å²) in [5, 5.41) is 3.39. The first kappa shape index (κ1) is 16.0. The van der Waals surface area contributed by atoms with E-state index in [1.165, 1.54) is 4.88 Å². The topological polar surface area (TPSA) is 37.8 Å². The third-order valence-electron chi connectivity index (χ3n) is 3.28. The van der Waals surface area contributed by atoms with E-state index in [2.05, 4.69) is 58.1 Å². The fourth-order valence-electron chi connectivity index (χ4n) is 1.97. The highest BCUT2D eigenvalue weighted by molar-refractivity contribution is 7.15. The molecule has 2 aromatic heterocycles. The van der Waals surface area contributed by atoms with Crippen LogP contribution in [0.4, 0.5) is 5.82 Å². The van der Waals surface area contributed by atoms with Crippen LogP contribution in [-0.4, -0.2) is 16.5 Å². The second-order valence-corrected chi connectivity index (χ2v) is 7.43. The van der Waals surface area contributed by atoms with Crippen LogP contribution in [0.25, 0.3) is 10.7 Å². The Bertz CT molecular complexity index is 596. The van der Waals surface area contributed by atoms with Crippen LogP contribution in [0.1, 0.15) is 51.6 Å². The van der Waals surface area contributed by atoms with Crippen molar-refractivity contribution in [3.8, 4) is 10.7 Å². The Morgan fingerprint density at radius 2 is 1.90 bits per heavy atom. The van der Waals surface area contributed by atoms with Crippen LogP contribution in [0.5, 0.6) is 0 Å². The molecule has 4 heteroatoms. The van der Waals surface area contributed by atoms with Gasteiger partial charge in [0.05, 0.1) is 10.6 Å². The molecular weight excluding hydrogens is 278 g/mol. The molecule has 1 N–H and O–H groups in total. The zero-order valence-corrected chi connectivity index (χ0v) is 14.5. The molecule has 2 aromatic rings. The van der Waals surface area contributed by atoms with Crippen LogP contribution in [0, 0.1) is 0 Å². The van der Waals surface area contributed by atoms with Gasteiger partial charge in [0.15, 0.2) is 5.82 Å². The molecule has 0 spiro atoms. The lowest BCUT2D eigenvalue weighted by Crippen LogP contribution is -2.16. The molecule has 0 saturated heterocycles. The van der Waals surface area contributed by atoms with Gasteiger partial charge < -0.3 is 5.32 Å². The quantitative estimate of drug-likeness (QED) is 0.855. The van der Waals surface area contributed by atoms with Crippen LogP contribution in [-0.2, 0) is 11.8 Å². The summed E-state index contributed by atoms with van der Waals surface area (Å²) in [7, 11) is 0. The van der Waals surface area contributed by atoms with Crippen molar-refractivity contribution < 1.29 is 0 Å². The number of nitrogens with one attached hydrogen (secondary N) is 1. The molecule has 0 aliphatic carbocycles. The Balaban J connectivity index is 2.43. The van der Waals surface area contributed by atoms with Gasteiger partial charge in [-0.15, -0.1) is 11.3 Å². The van der Waals surface area contributed by atoms with Gasteiger partial charge in [0.2, 0.25) is 0 Å². The number of hydrogen-bond donors (Lipinski definition) is 1. The van der Waals surface area contributed by atoms with E-state index >= 15 is 0 Å². The zero-order valence-electron chi connectivity index (χ0n) is 13.7. The highest BCUT2D eigenvalue weighted by Gasteiger charge is 2.19. The first-order chi connectivity index (χ1) is 9.94. The maximum atomic E-state index is 4.79. The smallest absolute Gasteiger partial charge is 0.171 e. The lowest BCUT2D eigenvalue weighted by atomic mass is 9.92. The number of rotatable bonds is 5. The van der Waals surface area contributed by atoms with Crippen molar-refractivity contribution in [3.63, 3.8) is 0 Å². The van der Waals surface area contributed by atoms with Crippen molar-refractivity contribution in [1.29, 1.82) is 0 Å². The van der Waals surface area contributed by atoms with Crippen molar-refractivity contribution in [2.75, 3.05) is 11.9 Å². The Morgan fingerprint density at radius 3 is 2.48 bits per heavy atom. The first-order valence-electron chi connectivity index (χ1n) is 7.66. The second kappa shape index (κ2) is 6.56. The highest BCUT2D eigenvalue weighted by atomic mass is 32.1. The molecule has 114 valence electrons. The van der Waals surface area contributed by atoms with Gasteiger partial charge in [-0.2, -0.15) is 0 Å². The molecule has 0 saturated carbocycles. The summed E-state index contributed by atoms with van der Waals surface area (Å²) in [5.74, 6) is 1.77. The number of anilines is 1. The van der Waals surface area contributed by atoms with Gasteiger partial charge in [-0.3, -0.25) is 0 Å². The maximum absolute atomic E-state index is 4.79. The monoisotopic (exact) mass is 303 g/mol. The van der Waals surface area contributed by atoms with Crippen molar-refractivity contribution in [2.24, 2.45) is 0 Å². The summed E-state index contributed by atoms with van der Waals surface area (Å²) in [6.45, 7) is 11.8. The van der Waals surface area contributed by atoms with Crippen LogP contribution in [0.2, 0.25) is 0 Å². The zero-order chi connectivity index (χ0) is 15.5. The number of aryl methyl sites for hydroxylation is 1. The van der Waals surface area contributed by atoms with E-state index in [0.717, 1.165) is 41.6 Å². The summed E-state index contributed by atoms with van der Waals surface area (Å²) in [6.07, 6.45) is 2.15. The maximum Gasteiger partial charge on any atom is 0.171 e. The molecule has 0 aliphatic heterocycles. The Morgan fingerprint density at radius 1 is 1.14 bits per heavy atom. The average molecular weight is 303 g/mol. The van der Waals surface area contributed by atoms with E-state index in [0.29, 0.717) is 0 Å². The van der Waals surface area contributed by atoms with E-state index in [1.54, 1.807) is 11.3 Å². The predicted molar refractivity (Wildman–Crippen MR) is 92.2 cm³/mol. The van der Waals surface area contributed by atoms with E-state index in [1.807, 2.05) is 0 Å². The molecule has 0 bridgehead atoms.